The Labute approximate surface area is 119 Å². The van der Waals surface area contributed by atoms with E-state index in [2.05, 4.69) is 4.98 Å². The first-order valence-corrected chi connectivity index (χ1v) is 6.83. The van der Waals surface area contributed by atoms with Gasteiger partial charge in [0.1, 0.15) is 5.75 Å². The summed E-state index contributed by atoms with van der Waals surface area (Å²) < 4.78 is 5.65. The molecule has 0 aliphatic heterocycles. The molecule has 0 N–H and O–H groups in total. The highest BCUT2D eigenvalue weighted by Crippen LogP contribution is 2.22. The zero-order valence-corrected chi connectivity index (χ0v) is 12.1. The van der Waals surface area contributed by atoms with Crippen LogP contribution < -0.4 is 4.74 Å². The lowest BCUT2D eigenvalue weighted by atomic mass is 10.0. The average Bonchev–Trinajstić information content (AvgIpc) is 2.43. The molecule has 0 bridgehead atoms. The monoisotopic (exact) mass is 269 g/mol. The number of ether oxygens (including phenoxy) is 1. The number of para-hydroxylation sites is 1. The van der Waals surface area contributed by atoms with Crippen molar-refractivity contribution in [2.45, 2.75) is 27.2 Å². The average molecular weight is 269 g/mol. The number of rotatable bonds is 5. The van der Waals surface area contributed by atoms with Crippen molar-refractivity contribution in [3.63, 3.8) is 0 Å². The molecule has 0 atom stereocenters. The summed E-state index contributed by atoms with van der Waals surface area (Å²) in [5, 5.41) is 0. The van der Waals surface area contributed by atoms with E-state index < -0.39 is 0 Å². The number of hydrogen-bond donors (Lipinski definition) is 0. The van der Waals surface area contributed by atoms with Gasteiger partial charge in [-0.1, -0.05) is 19.1 Å². The zero-order chi connectivity index (χ0) is 14.5. The van der Waals surface area contributed by atoms with Gasteiger partial charge in [-0.3, -0.25) is 9.78 Å². The molecule has 2 aromatic rings. The van der Waals surface area contributed by atoms with Crippen molar-refractivity contribution in [2.75, 3.05) is 6.61 Å². The van der Waals surface area contributed by atoms with Crippen LogP contribution in [0.3, 0.4) is 0 Å². The summed E-state index contributed by atoms with van der Waals surface area (Å²) in [6.07, 6.45) is 0.913. The second-order valence-corrected chi connectivity index (χ2v) is 4.81. The fraction of sp³-hybridized carbons (Fsp3) is 0.294. The Morgan fingerprint density at radius 2 is 1.80 bits per heavy atom. The van der Waals surface area contributed by atoms with Crippen LogP contribution in [0.4, 0.5) is 0 Å². The number of carbonyl (C=O) groups excluding carboxylic acids is 1. The summed E-state index contributed by atoms with van der Waals surface area (Å²) in [5.74, 6) is 0.622. The highest BCUT2D eigenvalue weighted by molar-refractivity contribution is 6.10. The maximum absolute atomic E-state index is 12.6. The van der Waals surface area contributed by atoms with Gasteiger partial charge in [0.25, 0.3) is 0 Å². The fourth-order valence-corrected chi connectivity index (χ4v) is 2.11. The highest BCUT2D eigenvalue weighted by Gasteiger charge is 2.15. The number of nitrogens with zero attached hydrogens (tertiary/aromatic N) is 1. The van der Waals surface area contributed by atoms with E-state index in [1.165, 1.54) is 0 Å². The topological polar surface area (TPSA) is 39.2 Å². The molecule has 1 aromatic carbocycles. The quantitative estimate of drug-likeness (QED) is 0.777. The lowest BCUT2D eigenvalue weighted by molar-refractivity contribution is 0.103. The minimum absolute atomic E-state index is 0.0229. The molecule has 0 saturated heterocycles. The summed E-state index contributed by atoms with van der Waals surface area (Å²) >= 11 is 0. The molecule has 20 heavy (non-hydrogen) atoms. The Hall–Kier alpha value is -2.16. The standard InChI is InChI=1S/C17H19NO2/c1-4-9-20-16-8-6-5-7-15(16)17(19)14-10-12(2)18-13(3)11-14/h5-8,10-11H,4,9H2,1-3H3. The predicted octanol–water partition coefficient (Wildman–Crippen LogP) is 3.72. The van der Waals surface area contributed by atoms with Crippen LogP contribution in [-0.4, -0.2) is 17.4 Å². The molecule has 0 saturated carbocycles. The van der Waals surface area contributed by atoms with Gasteiger partial charge in [-0.15, -0.1) is 0 Å². The summed E-state index contributed by atoms with van der Waals surface area (Å²) in [4.78, 5) is 16.9. The van der Waals surface area contributed by atoms with Gasteiger partial charge in [-0.2, -0.15) is 0 Å². The van der Waals surface area contributed by atoms with Crippen LogP contribution in [0.15, 0.2) is 36.4 Å². The maximum Gasteiger partial charge on any atom is 0.196 e. The summed E-state index contributed by atoms with van der Waals surface area (Å²) in [6.45, 7) is 6.44. The number of pyridine rings is 1. The number of benzene rings is 1. The number of hydrogen-bond acceptors (Lipinski definition) is 3. The first kappa shape index (κ1) is 14.3. The van der Waals surface area contributed by atoms with Crippen LogP contribution >= 0.6 is 0 Å². The first-order valence-electron chi connectivity index (χ1n) is 6.83. The predicted molar refractivity (Wildman–Crippen MR) is 79.4 cm³/mol. The molecule has 0 fully saturated rings. The number of aromatic nitrogens is 1. The van der Waals surface area contributed by atoms with Crippen LogP contribution in [0, 0.1) is 13.8 Å². The van der Waals surface area contributed by atoms with Gasteiger partial charge < -0.3 is 4.74 Å². The first-order chi connectivity index (χ1) is 9.61. The number of carbonyl (C=O) groups is 1. The van der Waals surface area contributed by atoms with Crippen molar-refractivity contribution in [2.24, 2.45) is 0 Å². The van der Waals surface area contributed by atoms with Gasteiger partial charge >= 0.3 is 0 Å². The third kappa shape index (κ3) is 3.23. The van der Waals surface area contributed by atoms with E-state index in [4.69, 9.17) is 4.74 Å². The van der Waals surface area contributed by atoms with Crippen molar-refractivity contribution in [3.8, 4) is 5.75 Å². The summed E-state index contributed by atoms with van der Waals surface area (Å²) in [6, 6.07) is 11.0. The minimum Gasteiger partial charge on any atom is -0.493 e. The van der Waals surface area contributed by atoms with Gasteiger partial charge in [0.05, 0.1) is 12.2 Å². The number of ketones is 1. The molecule has 1 heterocycles. The summed E-state index contributed by atoms with van der Waals surface area (Å²) in [5.41, 5.74) is 2.95. The molecule has 1 aromatic heterocycles. The highest BCUT2D eigenvalue weighted by atomic mass is 16.5. The molecule has 0 aliphatic carbocycles. The molecule has 3 nitrogen and oxygen atoms in total. The molecular formula is C17H19NO2. The Bertz CT molecular complexity index is 600. The van der Waals surface area contributed by atoms with E-state index in [0.717, 1.165) is 17.8 Å². The van der Waals surface area contributed by atoms with Gasteiger partial charge in [-0.25, -0.2) is 0 Å². The number of aryl methyl sites for hydroxylation is 2. The van der Waals surface area contributed by atoms with E-state index in [-0.39, 0.29) is 5.78 Å². The molecule has 0 spiro atoms. The van der Waals surface area contributed by atoms with Gasteiger partial charge in [0.2, 0.25) is 0 Å². The molecule has 104 valence electrons. The van der Waals surface area contributed by atoms with E-state index in [9.17, 15) is 4.79 Å². The van der Waals surface area contributed by atoms with Crippen molar-refractivity contribution >= 4 is 5.78 Å². The fourth-order valence-electron chi connectivity index (χ4n) is 2.11. The SMILES string of the molecule is CCCOc1ccccc1C(=O)c1cc(C)nc(C)c1. The van der Waals surface area contributed by atoms with E-state index >= 15 is 0 Å². The maximum atomic E-state index is 12.6. The van der Waals surface area contributed by atoms with Gasteiger partial charge in [0.15, 0.2) is 5.78 Å². The third-order valence-electron chi connectivity index (χ3n) is 2.94. The molecule has 0 unspecified atom stereocenters. The van der Waals surface area contributed by atoms with Crippen molar-refractivity contribution in [3.05, 3.63) is 58.9 Å². The van der Waals surface area contributed by atoms with E-state index in [0.29, 0.717) is 23.5 Å². The largest absolute Gasteiger partial charge is 0.493 e. The Kier molecular flexibility index (Phi) is 4.51. The van der Waals surface area contributed by atoms with Crippen LogP contribution in [0.1, 0.15) is 40.7 Å². The van der Waals surface area contributed by atoms with E-state index in [1.54, 1.807) is 6.07 Å². The lowest BCUT2D eigenvalue weighted by Gasteiger charge is -2.10. The molecule has 0 amide bonds. The van der Waals surface area contributed by atoms with Crippen molar-refractivity contribution in [1.82, 2.24) is 4.98 Å². The Balaban J connectivity index is 2.37. The third-order valence-corrected chi connectivity index (χ3v) is 2.94. The van der Waals surface area contributed by atoms with Crippen LogP contribution in [-0.2, 0) is 0 Å². The smallest absolute Gasteiger partial charge is 0.196 e. The van der Waals surface area contributed by atoms with Crippen molar-refractivity contribution in [1.29, 1.82) is 0 Å². The van der Waals surface area contributed by atoms with E-state index in [1.807, 2.05) is 51.1 Å². The van der Waals surface area contributed by atoms with Crippen LogP contribution in [0.5, 0.6) is 5.75 Å². The zero-order valence-electron chi connectivity index (χ0n) is 12.1. The van der Waals surface area contributed by atoms with Crippen molar-refractivity contribution < 1.29 is 9.53 Å². The minimum atomic E-state index is -0.0229. The second kappa shape index (κ2) is 6.33. The molecule has 3 heteroatoms. The molecule has 0 radical (unpaired) electrons. The lowest BCUT2D eigenvalue weighted by Crippen LogP contribution is -2.07. The van der Waals surface area contributed by atoms with Gasteiger partial charge in [-0.05, 0) is 44.5 Å². The Morgan fingerprint density at radius 1 is 1.15 bits per heavy atom. The molecular weight excluding hydrogens is 250 g/mol. The van der Waals surface area contributed by atoms with Gasteiger partial charge in [0, 0.05) is 17.0 Å². The molecule has 0 aliphatic rings. The van der Waals surface area contributed by atoms with Crippen LogP contribution in [0.25, 0.3) is 0 Å². The molecule has 2 rings (SSSR count). The summed E-state index contributed by atoms with van der Waals surface area (Å²) in [7, 11) is 0. The normalized spacial score (nSPS) is 10.3. The van der Waals surface area contributed by atoms with Crippen LogP contribution in [0.2, 0.25) is 0 Å². The second-order valence-electron chi connectivity index (χ2n) is 4.81. The Morgan fingerprint density at radius 3 is 2.45 bits per heavy atom.